The highest BCUT2D eigenvalue weighted by atomic mass is 79.9. The summed E-state index contributed by atoms with van der Waals surface area (Å²) in [6, 6.07) is 15.1. The van der Waals surface area contributed by atoms with E-state index in [0.29, 0.717) is 21.3 Å². The van der Waals surface area contributed by atoms with E-state index in [1.54, 1.807) is 12.1 Å². The van der Waals surface area contributed by atoms with Crippen molar-refractivity contribution in [3.05, 3.63) is 72.9 Å². The molecule has 4 aromatic rings. The molecule has 0 spiro atoms. The Kier molecular flexibility index (Phi) is 6.25. The summed E-state index contributed by atoms with van der Waals surface area (Å²) in [7, 11) is 0. The first-order chi connectivity index (χ1) is 12.4. The molecule has 2 aromatic heterocycles. The van der Waals surface area contributed by atoms with Gasteiger partial charge < -0.3 is 5.73 Å². The van der Waals surface area contributed by atoms with E-state index >= 15 is 0 Å². The van der Waals surface area contributed by atoms with Gasteiger partial charge in [-0.2, -0.15) is 0 Å². The number of rotatable bonds is 0. The molecule has 4 rings (SSSR count). The van der Waals surface area contributed by atoms with Gasteiger partial charge in [-0.3, -0.25) is 0 Å². The Morgan fingerprint density at radius 2 is 1.19 bits per heavy atom. The molecule has 0 radical (unpaired) electrons. The second-order valence-electron chi connectivity index (χ2n) is 5.24. The molecule has 132 valence electrons. The molecular formula is C18H10Br2Cl3N3. The van der Waals surface area contributed by atoms with E-state index in [9.17, 15) is 0 Å². The molecule has 0 unspecified atom stereocenters. The Hall–Kier alpha value is -1.11. The van der Waals surface area contributed by atoms with Crippen molar-refractivity contribution >= 4 is 94.0 Å². The number of hydrogen-bond donors (Lipinski definition) is 1. The third-order valence-corrected chi connectivity index (χ3v) is 5.62. The number of nitrogen functional groups attached to an aromatic ring is 1. The SMILES string of the molecule is Clc1cc2c(Br)cccc2c(Cl)n1.Nc1nc(Cl)cc2c(Br)cccc12. The average molecular weight is 534 g/mol. The zero-order valence-corrected chi connectivity index (χ0v) is 18.4. The largest absolute Gasteiger partial charge is 0.383 e. The molecule has 0 fully saturated rings. The summed E-state index contributed by atoms with van der Waals surface area (Å²) in [6.07, 6.45) is 0. The van der Waals surface area contributed by atoms with Crippen molar-refractivity contribution in [1.82, 2.24) is 9.97 Å². The van der Waals surface area contributed by atoms with Crippen LogP contribution in [0.3, 0.4) is 0 Å². The summed E-state index contributed by atoms with van der Waals surface area (Å²) in [5, 5.41) is 5.04. The Balaban J connectivity index is 0.000000151. The van der Waals surface area contributed by atoms with Crippen LogP contribution >= 0.6 is 66.7 Å². The molecule has 2 N–H and O–H groups in total. The summed E-state index contributed by atoms with van der Waals surface area (Å²) in [5.74, 6) is 0.462. The molecule has 26 heavy (non-hydrogen) atoms. The van der Waals surface area contributed by atoms with E-state index in [1.807, 2.05) is 36.4 Å². The summed E-state index contributed by atoms with van der Waals surface area (Å²) >= 11 is 24.3. The van der Waals surface area contributed by atoms with E-state index < -0.39 is 0 Å². The minimum absolute atomic E-state index is 0.407. The predicted molar refractivity (Wildman–Crippen MR) is 118 cm³/mol. The van der Waals surface area contributed by atoms with Gasteiger partial charge in [-0.1, -0.05) is 90.9 Å². The Morgan fingerprint density at radius 3 is 1.81 bits per heavy atom. The van der Waals surface area contributed by atoms with Crippen molar-refractivity contribution in [2.24, 2.45) is 0 Å². The van der Waals surface area contributed by atoms with Crippen molar-refractivity contribution < 1.29 is 0 Å². The van der Waals surface area contributed by atoms with E-state index in [1.165, 1.54) is 0 Å². The first-order valence-electron chi connectivity index (χ1n) is 7.27. The Labute approximate surface area is 181 Å². The fourth-order valence-electron chi connectivity index (χ4n) is 2.40. The van der Waals surface area contributed by atoms with Crippen LogP contribution in [0, 0.1) is 0 Å². The minimum Gasteiger partial charge on any atom is -0.383 e. The lowest BCUT2D eigenvalue weighted by Crippen LogP contribution is -1.92. The van der Waals surface area contributed by atoms with Gasteiger partial charge in [0, 0.05) is 30.5 Å². The quantitative estimate of drug-likeness (QED) is 0.237. The van der Waals surface area contributed by atoms with Gasteiger partial charge >= 0.3 is 0 Å². The van der Waals surface area contributed by atoms with Crippen molar-refractivity contribution in [2.75, 3.05) is 5.73 Å². The molecule has 2 heterocycles. The predicted octanol–water partition coefficient (Wildman–Crippen LogP) is 7.54. The standard InChI is InChI=1S/C9H4BrCl2N.C9H6BrClN2/c2*10-7-3-1-2-5-6(7)4-8(11)13-9(5)12/h1-4H;1-4H,(H2,12,13). The molecule has 0 aliphatic carbocycles. The summed E-state index contributed by atoms with van der Waals surface area (Å²) in [6.45, 7) is 0. The van der Waals surface area contributed by atoms with Crippen molar-refractivity contribution in [3.8, 4) is 0 Å². The smallest absolute Gasteiger partial charge is 0.138 e. The Morgan fingerprint density at radius 1 is 0.692 bits per heavy atom. The van der Waals surface area contributed by atoms with Crippen LogP contribution in [0.1, 0.15) is 0 Å². The number of anilines is 1. The highest BCUT2D eigenvalue weighted by Gasteiger charge is 2.05. The first kappa shape index (κ1) is 19.6. The van der Waals surface area contributed by atoms with Crippen LogP contribution in [-0.4, -0.2) is 9.97 Å². The highest BCUT2D eigenvalue weighted by Crippen LogP contribution is 2.30. The zero-order valence-electron chi connectivity index (χ0n) is 13.0. The summed E-state index contributed by atoms with van der Waals surface area (Å²) in [5.41, 5.74) is 5.71. The summed E-state index contributed by atoms with van der Waals surface area (Å²) in [4.78, 5) is 7.92. The number of fused-ring (bicyclic) bond motifs is 2. The van der Waals surface area contributed by atoms with Crippen LogP contribution < -0.4 is 5.73 Å². The molecule has 0 bridgehead atoms. The number of halogens is 5. The van der Waals surface area contributed by atoms with E-state index in [0.717, 1.165) is 30.5 Å². The van der Waals surface area contributed by atoms with Gasteiger partial charge in [-0.05, 0) is 24.3 Å². The van der Waals surface area contributed by atoms with Gasteiger partial charge in [0.1, 0.15) is 21.3 Å². The number of benzene rings is 2. The minimum atomic E-state index is 0.407. The van der Waals surface area contributed by atoms with Gasteiger partial charge in [0.25, 0.3) is 0 Å². The number of pyridine rings is 2. The third kappa shape index (κ3) is 4.24. The average Bonchev–Trinajstić information content (AvgIpc) is 2.57. The zero-order chi connectivity index (χ0) is 18.8. The molecule has 0 aliphatic heterocycles. The second-order valence-corrected chi connectivity index (χ2v) is 8.08. The maximum atomic E-state index is 5.92. The maximum Gasteiger partial charge on any atom is 0.138 e. The highest BCUT2D eigenvalue weighted by molar-refractivity contribution is 9.11. The molecule has 0 atom stereocenters. The number of nitrogens with zero attached hydrogens (tertiary/aromatic N) is 2. The molecule has 2 aromatic carbocycles. The van der Waals surface area contributed by atoms with Crippen molar-refractivity contribution in [3.63, 3.8) is 0 Å². The molecule has 3 nitrogen and oxygen atoms in total. The summed E-state index contributed by atoms with van der Waals surface area (Å²) < 4.78 is 1.94. The van der Waals surface area contributed by atoms with Gasteiger partial charge in [-0.25, -0.2) is 9.97 Å². The van der Waals surface area contributed by atoms with E-state index in [2.05, 4.69) is 41.8 Å². The van der Waals surface area contributed by atoms with Crippen molar-refractivity contribution in [2.45, 2.75) is 0 Å². The van der Waals surface area contributed by atoms with Crippen LogP contribution in [0.15, 0.2) is 57.5 Å². The van der Waals surface area contributed by atoms with Gasteiger partial charge in [0.05, 0.1) is 0 Å². The van der Waals surface area contributed by atoms with Crippen LogP contribution in [0.25, 0.3) is 21.5 Å². The monoisotopic (exact) mass is 531 g/mol. The normalized spacial score (nSPS) is 10.7. The van der Waals surface area contributed by atoms with E-state index in [4.69, 9.17) is 40.5 Å². The van der Waals surface area contributed by atoms with Crippen LogP contribution in [0.5, 0.6) is 0 Å². The van der Waals surface area contributed by atoms with Crippen molar-refractivity contribution in [1.29, 1.82) is 0 Å². The molecular weight excluding hydrogens is 524 g/mol. The van der Waals surface area contributed by atoms with E-state index in [-0.39, 0.29) is 0 Å². The molecule has 8 heteroatoms. The number of hydrogen-bond acceptors (Lipinski definition) is 3. The molecule has 0 amide bonds. The fourth-order valence-corrected chi connectivity index (χ4v) is 4.06. The van der Waals surface area contributed by atoms with Gasteiger partial charge in [-0.15, -0.1) is 0 Å². The molecule has 0 saturated heterocycles. The molecule has 0 saturated carbocycles. The topological polar surface area (TPSA) is 51.8 Å². The maximum absolute atomic E-state index is 5.92. The third-order valence-electron chi connectivity index (χ3n) is 3.56. The Bertz CT molecular complexity index is 1030. The fraction of sp³-hybridized carbons (Fsp3) is 0. The number of nitrogens with two attached hydrogens (primary N) is 1. The van der Waals surface area contributed by atoms with Gasteiger partial charge in [0.2, 0.25) is 0 Å². The lowest BCUT2D eigenvalue weighted by atomic mass is 10.2. The number of aromatic nitrogens is 2. The van der Waals surface area contributed by atoms with Crippen LogP contribution in [0.2, 0.25) is 15.5 Å². The lowest BCUT2D eigenvalue weighted by Gasteiger charge is -2.03. The van der Waals surface area contributed by atoms with Crippen LogP contribution in [-0.2, 0) is 0 Å². The lowest BCUT2D eigenvalue weighted by molar-refractivity contribution is 1.36. The second kappa shape index (κ2) is 8.28. The van der Waals surface area contributed by atoms with Crippen LogP contribution in [0.4, 0.5) is 5.82 Å². The van der Waals surface area contributed by atoms with Gasteiger partial charge in [0.15, 0.2) is 0 Å². The molecule has 0 aliphatic rings. The first-order valence-corrected chi connectivity index (χ1v) is 9.99.